The Hall–Kier alpha value is -1.84. The summed E-state index contributed by atoms with van der Waals surface area (Å²) in [6.45, 7) is 2.86. The van der Waals surface area contributed by atoms with Crippen molar-refractivity contribution >= 4 is 5.69 Å². The maximum atomic E-state index is 5.24. The van der Waals surface area contributed by atoms with Gasteiger partial charge in [-0.1, -0.05) is 23.7 Å². The lowest BCUT2D eigenvalue weighted by molar-refractivity contribution is 0.333. The number of para-hydroxylation sites is 1. The molecule has 4 heteroatoms. The number of hydrogen-bond acceptors (Lipinski definition) is 4. The lowest BCUT2D eigenvalue weighted by Crippen LogP contribution is -2.21. The van der Waals surface area contributed by atoms with Gasteiger partial charge in [0.1, 0.15) is 0 Å². The minimum absolute atomic E-state index is 0.587. The van der Waals surface area contributed by atoms with Crippen LogP contribution in [-0.4, -0.2) is 16.7 Å². The van der Waals surface area contributed by atoms with Crippen LogP contribution in [-0.2, 0) is 0 Å². The van der Waals surface area contributed by atoms with E-state index in [1.807, 2.05) is 25.1 Å². The van der Waals surface area contributed by atoms with Crippen LogP contribution in [0.3, 0.4) is 0 Å². The lowest BCUT2D eigenvalue weighted by Gasteiger charge is -2.26. The van der Waals surface area contributed by atoms with Crippen molar-refractivity contribution in [3.8, 4) is 11.5 Å². The summed E-state index contributed by atoms with van der Waals surface area (Å²) in [5, 5.41) is 7.34. The van der Waals surface area contributed by atoms with Gasteiger partial charge >= 0.3 is 0 Å². The average molecular weight is 243 g/mol. The first-order chi connectivity index (χ1) is 8.83. The van der Waals surface area contributed by atoms with Crippen molar-refractivity contribution in [2.24, 2.45) is 5.92 Å². The molecule has 1 aromatic carbocycles. The van der Waals surface area contributed by atoms with Crippen molar-refractivity contribution in [3.05, 3.63) is 30.1 Å². The third-order valence-electron chi connectivity index (χ3n) is 3.49. The van der Waals surface area contributed by atoms with Crippen molar-refractivity contribution in [1.29, 1.82) is 0 Å². The molecule has 1 saturated carbocycles. The van der Waals surface area contributed by atoms with Gasteiger partial charge < -0.3 is 9.84 Å². The Kier molecular flexibility index (Phi) is 3.00. The largest absolute Gasteiger partial charge is 0.384 e. The predicted octanol–water partition coefficient (Wildman–Crippen LogP) is 3.26. The standard InChI is InChI=1S/C14H17N3O/c1-10-16-14(18-17-10)12-7-2-3-8-13(12)15-9-11-5-4-6-11/h2-3,7-8,11,15H,4-6,9H2,1H3. The molecule has 0 spiro atoms. The fourth-order valence-corrected chi connectivity index (χ4v) is 2.18. The second-order valence-electron chi connectivity index (χ2n) is 4.87. The summed E-state index contributed by atoms with van der Waals surface area (Å²) in [4.78, 5) is 4.29. The molecule has 1 aliphatic rings. The number of benzene rings is 1. The molecule has 0 aliphatic heterocycles. The van der Waals surface area contributed by atoms with Crippen LogP contribution >= 0.6 is 0 Å². The summed E-state index contributed by atoms with van der Waals surface area (Å²) >= 11 is 0. The van der Waals surface area contributed by atoms with Gasteiger partial charge in [-0.25, -0.2) is 0 Å². The SMILES string of the molecule is Cc1noc(-c2ccccc2NCC2CCC2)n1. The highest BCUT2D eigenvalue weighted by Gasteiger charge is 2.18. The third-order valence-corrected chi connectivity index (χ3v) is 3.49. The number of aromatic nitrogens is 2. The lowest BCUT2D eigenvalue weighted by atomic mass is 9.85. The molecule has 0 atom stereocenters. The highest BCUT2D eigenvalue weighted by Crippen LogP contribution is 2.29. The first-order valence-corrected chi connectivity index (χ1v) is 6.46. The molecule has 0 bridgehead atoms. The Morgan fingerprint density at radius 1 is 1.33 bits per heavy atom. The molecule has 1 aromatic heterocycles. The third kappa shape index (κ3) is 2.23. The number of hydrogen-bond donors (Lipinski definition) is 1. The monoisotopic (exact) mass is 243 g/mol. The van der Waals surface area contributed by atoms with Crippen LogP contribution in [0.25, 0.3) is 11.5 Å². The zero-order valence-corrected chi connectivity index (χ0v) is 10.5. The molecular formula is C14H17N3O. The van der Waals surface area contributed by atoms with Gasteiger partial charge in [-0.05, 0) is 37.8 Å². The second kappa shape index (κ2) is 4.80. The Bertz CT molecular complexity index is 531. The van der Waals surface area contributed by atoms with Gasteiger partial charge in [0, 0.05) is 12.2 Å². The van der Waals surface area contributed by atoms with Crippen LogP contribution in [0.1, 0.15) is 25.1 Å². The van der Waals surface area contributed by atoms with Crippen molar-refractivity contribution in [2.45, 2.75) is 26.2 Å². The Labute approximate surface area is 106 Å². The minimum Gasteiger partial charge on any atom is -0.384 e. The fourth-order valence-electron chi connectivity index (χ4n) is 2.18. The van der Waals surface area contributed by atoms with Gasteiger partial charge in [-0.3, -0.25) is 0 Å². The number of anilines is 1. The van der Waals surface area contributed by atoms with E-state index < -0.39 is 0 Å². The van der Waals surface area contributed by atoms with Crippen LogP contribution in [0, 0.1) is 12.8 Å². The molecule has 0 radical (unpaired) electrons. The van der Waals surface area contributed by atoms with Crippen LogP contribution in [0.4, 0.5) is 5.69 Å². The molecule has 3 rings (SSSR count). The topological polar surface area (TPSA) is 51.0 Å². The second-order valence-corrected chi connectivity index (χ2v) is 4.87. The first-order valence-electron chi connectivity index (χ1n) is 6.46. The van der Waals surface area contributed by atoms with Gasteiger partial charge in [0.05, 0.1) is 5.56 Å². The molecule has 0 unspecified atom stereocenters. The fraction of sp³-hybridized carbons (Fsp3) is 0.429. The summed E-state index contributed by atoms with van der Waals surface area (Å²) < 4.78 is 5.24. The summed E-state index contributed by atoms with van der Waals surface area (Å²) in [5.74, 6) is 2.07. The summed E-state index contributed by atoms with van der Waals surface area (Å²) in [7, 11) is 0. The zero-order valence-electron chi connectivity index (χ0n) is 10.5. The van der Waals surface area contributed by atoms with E-state index in [1.54, 1.807) is 0 Å². The number of aryl methyl sites for hydroxylation is 1. The van der Waals surface area contributed by atoms with E-state index >= 15 is 0 Å². The summed E-state index contributed by atoms with van der Waals surface area (Å²) in [5.41, 5.74) is 2.06. The van der Waals surface area contributed by atoms with E-state index in [0.29, 0.717) is 11.7 Å². The van der Waals surface area contributed by atoms with Crippen molar-refractivity contribution in [3.63, 3.8) is 0 Å². The van der Waals surface area contributed by atoms with Crippen LogP contribution in [0.15, 0.2) is 28.8 Å². The van der Waals surface area contributed by atoms with E-state index in [4.69, 9.17) is 4.52 Å². The Morgan fingerprint density at radius 2 is 2.17 bits per heavy atom. The maximum Gasteiger partial charge on any atom is 0.260 e. The van der Waals surface area contributed by atoms with E-state index in [9.17, 15) is 0 Å². The Morgan fingerprint density at radius 3 is 2.83 bits per heavy atom. The van der Waals surface area contributed by atoms with E-state index in [1.165, 1.54) is 19.3 Å². The minimum atomic E-state index is 0.587. The molecule has 94 valence electrons. The van der Waals surface area contributed by atoms with Crippen LogP contribution in [0.2, 0.25) is 0 Å². The summed E-state index contributed by atoms with van der Waals surface area (Å²) in [6.07, 6.45) is 4.06. The van der Waals surface area contributed by atoms with Gasteiger partial charge in [-0.15, -0.1) is 0 Å². The van der Waals surface area contributed by atoms with Crippen molar-refractivity contribution < 1.29 is 4.52 Å². The normalized spacial score (nSPS) is 15.4. The smallest absolute Gasteiger partial charge is 0.260 e. The highest BCUT2D eigenvalue weighted by molar-refractivity contribution is 5.72. The van der Waals surface area contributed by atoms with Crippen LogP contribution in [0.5, 0.6) is 0 Å². The molecular weight excluding hydrogens is 226 g/mol. The molecule has 1 aliphatic carbocycles. The number of nitrogens with zero attached hydrogens (tertiary/aromatic N) is 2. The molecule has 0 amide bonds. The maximum absolute atomic E-state index is 5.24. The first kappa shape index (κ1) is 11.3. The molecule has 4 nitrogen and oxygen atoms in total. The Balaban J connectivity index is 1.80. The molecule has 18 heavy (non-hydrogen) atoms. The van der Waals surface area contributed by atoms with Gasteiger partial charge in [0.15, 0.2) is 5.82 Å². The number of nitrogens with one attached hydrogen (secondary N) is 1. The molecule has 0 saturated heterocycles. The van der Waals surface area contributed by atoms with E-state index in [-0.39, 0.29) is 0 Å². The summed E-state index contributed by atoms with van der Waals surface area (Å²) in [6, 6.07) is 8.09. The van der Waals surface area contributed by atoms with Gasteiger partial charge in [0.2, 0.25) is 0 Å². The van der Waals surface area contributed by atoms with Gasteiger partial charge in [0.25, 0.3) is 5.89 Å². The van der Waals surface area contributed by atoms with E-state index in [2.05, 4.69) is 21.5 Å². The van der Waals surface area contributed by atoms with Crippen LogP contribution < -0.4 is 5.32 Å². The molecule has 1 N–H and O–H groups in total. The van der Waals surface area contributed by atoms with Crippen molar-refractivity contribution in [2.75, 3.05) is 11.9 Å². The molecule has 1 fully saturated rings. The van der Waals surface area contributed by atoms with Crippen molar-refractivity contribution in [1.82, 2.24) is 10.1 Å². The quantitative estimate of drug-likeness (QED) is 0.895. The predicted molar refractivity (Wildman–Crippen MR) is 70.3 cm³/mol. The number of rotatable bonds is 4. The molecule has 2 aromatic rings. The molecule has 1 heterocycles. The average Bonchev–Trinajstić information content (AvgIpc) is 2.74. The zero-order chi connectivity index (χ0) is 12.4. The highest BCUT2D eigenvalue weighted by atomic mass is 16.5. The van der Waals surface area contributed by atoms with Gasteiger partial charge in [-0.2, -0.15) is 4.98 Å². The van der Waals surface area contributed by atoms with E-state index in [0.717, 1.165) is 23.7 Å².